The van der Waals surface area contributed by atoms with E-state index in [9.17, 15) is 4.79 Å². The second-order valence-electron chi connectivity index (χ2n) is 7.06. The van der Waals surface area contributed by atoms with E-state index in [2.05, 4.69) is 0 Å². The maximum Gasteiger partial charge on any atom is 0.238 e. The number of methoxy groups -OCH3 is 3. The minimum atomic E-state index is -0.287. The van der Waals surface area contributed by atoms with E-state index in [1.807, 2.05) is 18.2 Å². The van der Waals surface area contributed by atoms with E-state index in [1.165, 1.54) is 11.8 Å². The highest BCUT2D eigenvalue weighted by Crippen LogP contribution is 2.48. The van der Waals surface area contributed by atoms with E-state index < -0.39 is 0 Å². The minimum Gasteiger partial charge on any atom is -0.493 e. The zero-order valence-corrected chi connectivity index (χ0v) is 20.5. The van der Waals surface area contributed by atoms with Gasteiger partial charge in [-0.3, -0.25) is 9.69 Å². The van der Waals surface area contributed by atoms with E-state index in [0.717, 1.165) is 5.56 Å². The molecule has 0 aliphatic carbocycles. The highest BCUT2D eigenvalue weighted by Gasteiger charge is 2.35. The molecule has 0 aromatic heterocycles. The van der Waals surface area contributed by atoms with Crippen molar-refractivity contribution in [2.45, 2.75) is 5.37 Å². The number of nitrogens with zero attached hydrogens (tertiary/aromatic N) is 1. The quantitative estimate of drug-likeness (QED) is 0.360. The van der Waals surface area contributed by atoms with Crippen molar-refractivity contribution in [1.82, 2.24) is 0 Å². The SMILES string of the molecule is COc1cc(C2SCC(=O)N2c2ccc(Oc3ccc(Cl)cc3)c(Cl)c2)cc(OC)c1OC. The average Bonchev–Trinajstić information content (AvgIpc) is 3.22. The maximum absolute atomic E-state index is 12.8. The van der Waals surface area contributed by atoms with Crippen LogP contribution in [0.4, 0.5) is 5.69 Å². The molecule has 0 spiro atoms. The van der Waals surface area contributed by atoms with E-state index in [0.29, 0.717) is 50.2 Å². The molecule has 6 nitrogen and oxygen atoms in total. The van der Waals surface area contributed by atoms with Crippen molar-refractivity contribution < 1.29 is 23.7 Å². The van der Waals surface area contributed by atoms with Gasteiger partial charge in [-0.15, -0.1) is 11.8 Å². The molecule has 0 N–H and O–H groups in total. The first-order chi connectivity index (χ1) is 15.9. The molecule has 4 rings (SSSR count). The second-order valence-corrected chi connectivity index (χ2v) is 8.97. The first-order valence-electron chi connectivity index (χ1n) is 9.91. The van der Waals surface area contributed by atoms with Gasteiger partial charge < -0.3 is 18.9 Å². The number of carbonyl (C=O) groups is 1. The summed E-state index contributed by atoms with van der Waals surface area (Å²) in [6.07, 6.45) is 0. The van der Waals surface area contributed by atoms with Gasteiger partial charge in [-0.1, -0.05) is 23.2 Å². The Hall–Kier alpha value is -2.74. The monoisotopic (exact) mass is 505 g/mol. The number of carbonyl (C=O) groups excluding carboxylic acids is 1. The number of rotatable bonds is 7. The van der Waals surface area contributed by atoms with Crippen LogP contribution in [0.25, 0.3) is 0 Å². The number of thioether (sulfide) groups is 1. The van der Waals surface area contributed by atoms with Gasteiger partial charge in [0.05, 0.1) is 32.1 Å². The molecule has 172 valence electrons. The van der Waals surface area contributed by atoms with Gasteiger partial charge in [-0.05, 0) is 60.2 Å². The van der Waals surface area contributed by atoms with Gasteiger partial charge in [0, 0.05) is 10.7 Å². The number of benzene rings is 3. The van der Waals surface area contributed by atoms with Gasteiger partial charge >= 0.3 is 0 Å². The van der Waals surface area contributed by atoms with E-state index in [1.54, 1.807) is 62.6 Å². The molecule has 9 heteroatoms. The lowest BCUT2D eigenvalue weighted by Crippen LogP contribution is -2.27. The third kappa shape index (κ3) is 4.81. The van der Waals surface area contributed by atoms with Crippen LogP contribution in [0.2, 0.25) is 10.0 Å². The Balaban J connectivity index is 1.66. The molecule has 3 aromatic rings. The van der Waals surface area contributed by atoms with Crippen LogP contribution in [-0.2, 0) is 4.79 Å². The van der Waals surface area contributed by atoms with Crippen LogP contribution >= 0.6 is 35.0 Å². The molecule has 1 saturated heterocycles. The van der Waals surface area contributed by atoms with Crippen LogP contribution in [0.3, 0.4) is 0 Å². The lowest BCUT2D eigenvalue weighted by Gasteiger charge is -2.26. The van der Waals surface area contributed by atoms with Crippen molar-refractivity contribution in [2.24, 2.45) is 0 Å². The number of halogens is 2. The maximum atomic E-state index is 12.8. The Morgan fingerprint density at radius 2 is 1.55 bits per heavy atom. The number of hydrogen-bond donors (Lipinski definition) is 0. The molecular formula is C24H21Cl2NO5S. The molecule has 33 heavy (non-hydrogen) atoms. The van der Waals surface area contributed by atoms with Gasteiger partial charge in [-0.2, -0.15) is 0 Å². The number of hydrogen-bond acceptors (Lipinski definition) is 6. The fourth-order valence-electron chi connectivity index (χ4n) is 3.55. The Morgan fingerprint density at radius 3 is 2.12 bits per heavy atom. The molecule has 3 aromatic carbocycles. The largest absolute Gasteiger partial charge is 0.493 e. The molecule has 1 heterocycles. The van der Waals surface area contributed by atoms with Crippen molar-refractivity contribution in [3.8, 4) is 28.7 Å². The van der Waals surface area contributed by atoms with Crippen molar-refractivity contribution >= 4 is 46.6 Å². The van der Waals surface area contributed by atoms with Crippen molar-refractivity contribution in [1.29, 1.82) is 0 Å². The van der Waals surface area contributed by atoms with Crippen molar-refractivity contribution in [3.63, 3.8) is 0 Å². The zero-order chi connectivity index (χ0) is 23.5. The zero-order valence-electron chi connectivity index (χ0n) is 18.1. The normalized spacial score (nSPS) is 15.5. The predicted octanol–water partition coefficient (Wildman–Crippen LogP) is 6.59. The van der Waals surface area contributed by atoms with Crippen LogP contribution in [-0.4, -0.2) is 33.0 Å². The molecular weight excluding hydrogens is 485 g/mol. The number of amides is 1. The van der Waals surface area contributed by atoms with Crippen LogP contribution in [0.5, 0.6) is 28.7 Å². The van der Waals surface area contributed by atoms with Crippen LogP contribution < -0.4 is 23.8 Å². The summed E-state index contributed by atoms with van der Waals surface area (Å²) in [5, 5.41) is 0.716. The molecule has 0 saturated carbocycles. The van der Waals surface area contributed by atoms with Gasteiger partial charge in [0.15, 0.2) is 11.5 Å². The standard InChI is InChI=1S/C24H21Cl2NO5S/c1-29-20-10-14(11-21(30-2)23(20)31-3)24-27(22(28)13-33-24)16-6-9-19(18(26)12-16)32-17-7-4-15(25)5-8-17/h4-12,24H,13H2,1-3H3. The molecule has 1 aliphatic heterocycles. The second kappa shape index (κ2) is 10.0. The fraction of sp³-hybridized carbons (Fsp3) is 0.208. The lowest BCUT2D eigenvalue weighted by molar-refractivity contribution is -0.115. The molecule has 0 bridgehead atoms. The Labute approximate surface area is 206 Å². The van der Waals surface area contributed by atoms with Crippen LogP contribution in [0.15, 0.2) is 54.6 Å². The highest BCUT2D eigenvalue weighted by molar-refractivity contribution is 8.00. The molecule has 1 unspecified atom stereocenters. The van der Waals surface area contributed by atoms with Crippen molar-refractivity contribution in [3.05, 3.63) is 70.2 Å². The van der Waals surface area contributed by atoms with Gasteiger partial charge in [0.25, 0.3) is 0 Å². The minimum absolute atomic E-state index is 0.0267. The Bertz CT molecular complexity index is 1150. The third-order valence-corrected chi connectivity index (χ3v) is 6.83. The molecule has 0 radical (unpaired) electrons. The average molecular weight is 506 g/mol. The summed E-state index contributed by atoms with van der Waals surface area (Å²) in [4.78, 5) is 14.6. The summed E-state index contributed by atoms with van der Waals surface area (Å²) >= 11 is 14.0. The molecule has 1 fully saturated rings. The van der Waals surface area contributed by atoms with Gasteiger partial charge in [0.1, 0.15) is 16.9 Å². The third-order valence-electron chi connectivity index (χ3n) is 5.08. The van der Waals surface area contributed by atoms with Gasteiger partial charge in [-0.25, -0.2) is 0 Å². The predicted molar refractivity (Wildman–Crippen MR) is 132 cm³/mol. The number of ether oxygens (including phenoxy) is 4. The number of anilines is 1. The summed E-state index contributed by atoms with van der Waals surface area (Å²) in [6.45, 7) is 0. The summed E-state index contributed by atoms with van der Waals surface area (Å²) in [7, 11) is 4.67. The van der Waals surface area contributed by atoms with E-state index in [-0.39, 0.29) is 11.3 Å². The Morgan fingerprint density at radius 1 is 0.879 bits per heavy atom. The van der Waals surface area contributed by atoms with E-state index in [4.69, 9.17) is 42.1 Å². The fourth-order valence-corrected chi connectivity index (χ4v) is 5.04. The first kappa shape index (κ1) is 23.4. The first-order valence-corrected chi connectivity index (χ1v) is 11.7. The topological polar surface area (TPSA) is 57.2 Å². The lowest BCUT2D eigenvalue weighted by atomic mass is 10.1. The highest BCUT2D eigenvalue weighted by atomic mass is 35.5. The van der Waals surface area contributed by atoms with Gasteiger partial charge in [0.2, 0.25) is 11.7 Å². The Kier molecular flexibility index (Phi) is 7.12. The summed E-state index contributed by atoms with van der Waals surface area (Å²) in [6, 6.07) is 16.0. The van der Waals surface area contributed by atoms with Crippen LogP contribution in [0, 0.1) is 0 Å². The summed E-state index contributed by atoms with van der Waals surface area (Å²) in [5.41, 5.74) is 1.51. The summed E-state index contributed by atoms with van der Waals surface area (Å²) < 4.78 is 22.2. The van der Waals surface area contributed by atoms with E-state index >= 15 is 0 Å². The molecule has 1 amide bonds. The van der Waals surface area contributed by atoms with Crippen molar-refractivity contribution in [2.75, 3.05) is 32.0 Å². The van der Waals surface area contributed by atoms with Crippen LogP contribution in [0.1, 0.15) is 10.9 Å². The summed E-state index contributed by atoms with van der Waals surface area (Å²) in [5.74, 6) is 2.94. The molecule has 1 atom stereocenters. The smallest absolute Gasteiger partial charge is 0.238 e. The molecule has 1 aliphatic rings.